The standard InChI is InChI=1S/C27H24ClN5O2/c1-19-23(26(28)33(32-19)22-15-9-4-10-16-22)17-30-31-24(34)18-29-27(35)25(20-11-5-2-6-12-20)21-13-7-3-8-14-21/h2-17,25H,18H2,1H3,(H,29,35)(H,31,34). The monoisotopic (exact) mass is 485 g/mol. The number of hydrazone groups is 1. The Hall–Kier alpha value is -4.23. The van der Waals surface area contributed by atoms with Gasteiger partial charge in [0, 0.05) is 0 Å². The Balaban J connectivity index is 1.39. The molecule has 0 aliphatic rings. The van der Waals surface area contributed by atoms with E-state index in [2.05, 4.69) is 20.9 Å². The molecule has 0 radical (unpaired) electrons. The molecule has 0 saturated heterocycles. The Morgan fingerprint density at radius 2 is 1.49 bits per heavy atom. The number of hydrogen-bond donors (Lipinski definition) is 2. The van der Waals surface area contributed by atoms with Crippen molar-refractivity contribution in [3.05, 3.63) is 119 Å². The second-order valence-corrected chi connectivity index (χ2v) is 8.16. The largest absolute Gasteiger partial charge is 0.346 e. The number of benzene rings is 3. The van der Waals surface area contributed by atoms with Crippen LogP contribution >= 0.6 is 11.6 Å². The topological polar surface area (TPSA) is 88.4 Å². The van der Waals surface area contributed by atoms with Crippen molar-refractivity contribution in [2.45, 2.75) is 12.8 Å². The van der Waals surface area contributed by atoms with Gasteiger partial charge in [-0.2, -0.15) is 10.2 Å². The van der Waals surface area contributed by atoms with Crippen LogP contribution in [0, 0.1) is 6.92 Å². The summed E-state index contributed by atoms with van der Waals surface area (Å²) >= 11 is 6.47. The van der Waals surface area contributed by atoms with E-state index >= 15 is 0 Å². The lowest BCUT2D eigenvalue weighted by molar-refractivity contribution is -0.126. The molecule has 0 aliphatic heterocycles. The second-order valence-electron chi connectivity index (χ2n) is 7.80. The van der Waals surface area contributed by atoms with Crippen LogP contribution in [0.2, 0.25) is 5.15 Å². The molecule has 0 aliphatic carbocycles. The van der Waals surface area contributed by atoms with Crippen LogP contribution in [0.15, 0.2) is 96.1 Å². The minimum atomic E-state index is -0.529. The van der Waals surface area contributed by atoms with Gasteiger partial charge in [-0.3, -0.25) is 9.59 Å². The van der Waals surface area contributed by atoms with Crippen LogP contribution in [0.4, 0.5) is 0 Å². The molecule has 176 valence electrons. The third kappa shape index (κ3) is 5.83. The van der Waals surface area contributed by atoms with Crippen LogP contribution in [0.1, 0.15) is 28.3 Å². The summed E-state index contributed by atoms with van der Waals surface area (Å²) in [7, 11) is 0. The maximum Gasteiger partial charge on any atom is 0.259 e. The zero-order valence-electron chi connectivity index (χ0n) is 19.1. The number of rotatable bonds is 8. The first-order chi connectivity index (χ1) is 17.0. The molecule has 0 bridgehead atoms. The van der Waals surface area contributed by atoms with Gasteiger partial charge < -0.3 is 5.32 Å². The average molecular weight is 486 g/mol. The average Bonchev–Trinajstić information content (AvgIpc) is 3.18. The highest BCUT2D eigenvalue weighted by Gasteiger charge is 2.22. The third-order valence-electron chi connectivity index (χ3n) is 5.38. The first-order valence-corrected chi connectivity index (χ1v) is 11.4. The molecule has 4 rings (SSSR count). The summed E-state index contributed by atoms with van der Waals surface area (Å²) in [6.07, 6.45) is 1.45. The molecular weight excluding hydrogens is 462 g/mol. The van der Waals surface area contributed by atoms with Gasteiger partial charge in [0.25, 0.3) is 5.91 Å². The molecule has 2 N–H and O–H groups in total. The maximum absolute atomic E-state index is 13.0. The normalized spacial score (nSPS) is 11.1. The SMILES string of the molecule is Cc1nn(-c2ccccc2)c(Cl)c1C=NNC(=O)CNC(=O)C(c1ccccc1)c1ccccc1. The summed E-state index contributed by atoms with van der Waals surface area (Å²) < 4.78 is 1.60. The number of carbonyl (C=O) groups is 2. The summed E-state index contributed by atoms with van der Waals surface area (Å²) in [5, 5.41) is 11.5. The lowest BCUT2D eigenvalue weighted by Crippen LogP contribution is -2.37. The fourth-order valence-electron chi connectivity index (χ4n) is 3.66. The van der Waals surface area contributed by atoms with Crippen LogP contribution in [0.3, 0.4) is 0 Å². The highest BCUT2D eigenvalue weighted by atomic mass is 35.5. The first-order valence-electron chi connectivity index (χ1n) is 11.0. The molecule has 0 saturated carbocycles. The Morgan fingerprint density at radius 1 is 0.943 bits per heavy atom. The van der Waals surface area contributed by atoms with E-state index in [-0.39, 0.29) is 12.5 Å². The smallest absolute Gasteiger partial charge is 0.259 e. The van der Waals surface area contributed by atoms with Gasteiger partial charge in [0.2, 0.25) is 5.91 Å². The van der Waals surface area contributed by atoms with Gasteiger partial charge in [0.15, 0.2) is 0 Å². The van der Waals surface area contributed by atoms with Crippen molar-refractivity contribution < 1.29 is 9.59 Å². The zero-order chi connectivity index (χ0) is 24.6. The predicted octanol–water partition coefficient (Wildman–Crippen LogP) is 4.23. The van der Waals surface area contributed by atoms with Crippen molar-refractivity contribution in [1.29, 1.82) is 0 Å². The highest BCUT2D eigenvalue weighted by Crippen LogP contribution is 2.25. The molecule has 0 spiro atoms. The number of para-hydroxylation sites is 1. The molecule has 1 heterocycles. The van der Waals surface area contributed by atoms with Gasteiger partial charge in [-0.05, 0) is 30.2 Å². The highest BCUT2D eigenvalue weighted by molar-refractivity contribution is 6.32. The molecule has 4 aromatic rings. The molecule has 3 aromatic carbocycles. The van der Waals surface area contributed by atoms with Crippen molar-refractivity contribution in [2.75, 3.05) is 6.54 Å². The maximum atomic E-state index is 13.0. The van der Waals surface area contributed by atoms with E-state index in [4.69, 9.17) is 11.6 Å². The Labute approximate surface area is 208 Å². The molecule has 8 heteroatoms. The number of amides is 2. The molecule has 0 unspecified atom stereocenters. The van der Waals surface area contributed by atoms with Crippen LogP contribution in [0.25, 0.3) is 5.69 Å². The Morgan fingerprint density at radius 3 is 2.06 bits per heavy atom. The van der Waals surface area contributed by atoms with E-state index in [0.29, 0.717) is 16.4 Å². The fourth-order valence-corrected chi connectivity index (χ4v) is 3.98. The molecule has 0 fully saturated rings. The van der Waals surface area contributed by atoms with Gasteiger partial charge in [-0.1, -0.05) is 90.5 Å². The molecule has 1 aromatic heterocycles. The molecule has 35 heavy (non-hydrogen) atoms. The Kier molecular flexibility index (Phi) is 7.70. The van der Waals surface area contributed by atoms with Gasteiger partial charge in [-0.15, -0.1) is 0 Å². The second kappa shape index (κ2) is 11.3. The van der Waals surface area contributed by atoms with Crippen LogP contribution < -0.4 is 10.7 Å². The third-order valence-corrected chi connectivity index (χ3v) is 5.75. The summed E-state index contributed by atoms with van der Waals surface area (Å²) in [5.41, 5.74) is 6.19. The van der Waals surface area contributed by atoms with Gasteiger partial charge in [-0.25, -0.2) is 10.1 Å². The van der Waals surface area contributed by atoms with E-state index < -0.39 is 11.8 Å². The van der Waals surface area contributed by atoms with Crippen molar-refractivity contribution in [3.63, 3.8) is 0 Å². The number of hydrogen-bond acceptors (Lipinski definition) is 4. The first kappa shape index (κ1) is 23.9. The summed E-state index contributed by atoms with van der Waals surface area (Å²) in [4.78, 5) is 25.3. The summed E-state index contributed by atoms with van der Waals surface area (Å²) in [5.74, 6) is -1.26. The fraction of sp³-hybridized carbons (Fsp3) is 0.111. The van der Waals surface area contributed by atoms with Crippen LogP contribution in [-0.4, -0.2) is 34.4 Å². The zero-order valence-corrected chi connectivity index (χ0v) is 19.8. The van der Waals surface area contributed by atoms with E-state index in [1.54, 1.807) is 4.68 Å². The van der Waals surface area contributed by atoms with Gasteiger partial charge >= 0.3 is 0 Å². The molecule has 0 atom stereocenters. The van der Waals surface area contributed by atoms with E-state index in [1.165, 1.54) is 6.21 Å². The number of halogens is 1. The van der Waals surface area contributed by atoms with E-state index in [0.717, 1.165) is 16.8 Å². The van der Waals surface area contributed by atoms with Crippen LogP contribution in [0.5, 0.6) is 0 Å². The van der Waals surface area contributed by atoms with E-state index in [9.17, 15) is 9.59 Å². The molecular formula is C27H24ClN5O2. The number of aryl methyl sites for hydroxylation is 1. The molecule has 2 amide bonds. The number of carbonyl (C=O) groups excluding carboxylic acids is 2. The molecule has 7 nitrogen and oxygen atoms in total. The summed E-state index contributed by atoms with van der Waals surface area (Å²) in [6, 6.07) is 28.4. The van der Waals surface area contributed by atoms with Crippen molar-refractivity contribution in [1.82, 2.24) is 20.5 Å². The number of nitrogens with one attached hydrogen (secondary N) is 2. The van der Waals surface area contributed by atoms with Crippen molar-refractivity contribution in [2.24, 2.45) is 5.10 Å². The van der Waals surface area contributed by atoms with Crippen LogP contribution in [-0.2, 0) is 9.59 Å². The minimum absolute atomic E-state index is 0.220. The summed E-state index contributed by atoms with van der Waals surface area (Å²) in [6.45, 7) is 1.59. The van der Waals surface area contributed by atoms with E-state index in [1.807, 2.05) is 97.9 Å². The number of nitrogens with zero attached hydrogens (tertiary/aromatic N) is 3. The Bertz CT molecular complexity index is 1280. The predicted molar refractivity (Wildman–Crippen MR) is 137 cm³/mol. The van der Waals surface area contributed by atoms with Crippen molar-refractivity contribution in [3.8, 4) is 5.69 Å². The lowest BCUT2D eigenvalue weighted by atomic mass is 9.90. The van der Waals surface area contributed by atoms with Gasteiger partial charge in [0.1, 0.15) is 5.15 Å². The van der Waals surface area contributed by atoms with Gasteiger partial charge in [0.05, 0.1) is 35.6 Å². The lowest BCUT2D eigenvalue weighted by Gasteiger charge is -2.17. The quantitative estimate of drug-likeness (QED) is 0.289. The minimum Gasteiger partial charge on any atom is -0.346 e. The van der Waals surface area contributed by atoms with Crippen molar-refractivity contribution >= 4 is 29.6 Å². The number of aromatic nitrogens is 2.